The lowest BCUT2D eigenvalue weighted by atomic mass is 10.3. The first-order valence-electron chi connectivity index (χ1n) is 3.71. The van der Waals surface area contributed by atoms with Crippen molar-refractivity contribution in [2.45, 2.75) is 9.79 Å². The SMILES string of the molecule is N#[N+]c1ccc(I)c(S(=O)(=O)O)c1S(=O)(=O)O. The minimum atomic E-state index is -4.98. The van der Waals surface area contributed by atoms with Crippen LogP contribution in [0.2, 0.25) is 0 Å². The summed E-state index contributed by atoms with van der Waals surface area (Å²) in [6, 6.07) is 2.08. The Bertz CT molecular complexity index is 718. The molecule has 0 unspecified atom stereocenters. The monoisotopic (exact) mass is 391 g/mol. The van der Waals surface area contributed by atoms with E-state index in [1.54, 1.807) is 0 Å². The zero-order valence-electron chi connectivity index (χ0n) is 7.77. The van der Waals surface area contributed by atoms with E-state index in [0.29, 0.717) is 0 Å². The number of halogens is 1. The number of hydrogen-bond acceptors (Lipinski definition) is 5. The molecule has 2 N–H and O–H groups in total. The van der Waals surface area contributed by atoms with Crippen LogP contribution in [0.3, 0.4) is 0 Å². The summed E-state index contributed by atoms with van der Waals surface area (Å²) in [5.74, 6) is 0. The van der Waals surface area contributed by atoms with Crippen molar-refractivity contribution in [3.05, 3.63) is 20.7 Å². The Labute approximate surface area is 110 Å². The van der Waals surface area contributed by atoms with Gasteiger partial charge in [-0.1, -0.05) is 0 Å². The van der Waals surface area contributed by atoms with Gasteiger partial charge in [-0.25, -0.2) is 0 Å². The molecule has 0 bridgehead atoms. The quantitative estimate of drug-likeness (QED) is 0.440. The number of diazo groups is 1. The summed E-state index contributed by atoms with van der Waals surface area (Å²) in [4.78, 5) is 0.331. The summed E-state index contributed by atoms with van der Waals surface area (Å²) in [5.41, 5.74) is -0.694. The molecule has 0 fully saturated rings. The van der Waals surface area contributed by atoms with Crippen molar-refractivity contribution in [2.75, 3.05) is 0 Å². The molecule has 0 spiro atoms. The van der Waals surface area contributed by atoms with Gasteiger partial charge in [0.1, 0.15) is 4.90 Å². The van der Waals surface area contributed by atoms with E-state index >= 15 is 0 Å². The second-order valence-corrected chi connectivity index (χ2v) is 6.65. The van der Waals surface area contributed by atoms with E-state index in [1.807, 2.05) is 0 Å². The molecule has 92 valence electrons. The topological polar surface area (TPSA) is 137 Å². The van der Waals surface area contributed by atoms with Crippen LogP contribution in [-0.4, -0.2) is 25.9 Å². The Hall–Kier alpha value is -0.810. The second-order valence-electron chi connectivity index (χ2n) is 2.77. The predicted octanol–water partition coefficient (Wildman–Crippen LogP) is 1.27. The predicted molar refractivity (Wildman–Crippen MR) is 63.5 cm³/mol. The van der Waals surface area contributed by atoms with Crippen LogP contribution >= 0.6 is 22.6 Å². The molecular formula is C6H4IN2O6S2+. The van der Waals surface area contributed by atoms with Crippen molar-refractivity contribution in [1.82, 2.24) is 0 Å². The first-order chi connectivity index (χ1) is 7.59. The summed E-state index contributed by atoms with van der Waals surface area (Å²) >= 11 is 1.45. The second kappa shape index (κ2) is 4.46. The number of hydrogen-bond donors (Lipinski definition) is 2. The van der Waals surface area contributed by atoms with Crippen molar-refractivity contribution in [1.29, 1.82) is 5.39 Å². The molecule has 0 saturated heterocycles. The van der Waals surface area contributed by atoms with Gasteiger partial charge >= 0.3 is 15.8 Å². The van der Waals surface area contributed by atoms with Gasteiger partial charge in [-0.3, -0.25) is 9.11 Å². The molecule has 0 aliphatic rings. The van der Waals surface area contributed by atoms with Crippen LogP contribution in [0.5, 0.6) is 0 Å². The maximum Gasteiger partial charge on any atom is 0.407 e. The molecule has 0 aliphatic heterocycles. The first-order valence-corrected chi connectivity index (χ1v) is 7.67. The van der Waals surface area contributed by atoms with Crippen molar-refractivity contribution >= 4 is 48.5 Å². The lowest BCUT2D eigenvalue weighted by molar-refractivity contribution is 0.466. The highest BCUT2D eigenvalue weighted by Gasteiger charge is 2.35. The van der Waals surface area contributed by atoms with Gasteiger partial charge in [0.05, 0.1) is 0 Å². The smallest absolute Gasteiger partial charge is 0.282 e. The molecule has 0 amide bonds. The summed E-state index contributed by atoms with van der Waals surface area (Å²) < 4.78 is 61.8. The van der Waals surface area contributed by atoms with E-state index in [0.717, 1.165) is 12.1 Å². The summed E-state index contributed by atoms with van der Waals surface area (Å²) in [5, 5.41) is 8.53. The highest BCUT2D eigenvalue weighted by molar-refractivity contribution is 14.1. The van der Waals surface area contributed by atoms with E-state index in [2.05, 4.69) is 4.98 Å². The lowest BCUT2D eigenvalue weighted by Crippen LogP contribution is -2.10. The third-order valence-corrected chi connectivity index (χ3v) is 4.93. The van der Waals surface area contributed by atoms with E-state index in [-0.39, 0.29) is 3.57 Å². The molecule has 1 aromatic rings. The van der Waals surface area contributed by atoms with E-state index in [9.17, 15) is 16.8 Å². The zero-order valence-corrected chi connectivity index (χ0v) is 11.6. The van der Waals surface area contributed by atoms with Crippen molar-refractivity contribution in [3.8, 4) is 0 Å². The molecule has 0 atom stereocenters. The Kier molecular flexibility index (Phi) is 3.74. The molecule has 17 heavy (non-hydrogen) atoms. The fraction of sp³-hybridized carbons (Fsp3) is 0. The van der Waals surface area contributed by atoms with Crippen molar-refractivity contribution in [3.63, 3.8) is 0 Å². The lowest BCUT2D eigenvalue weighted by Gasteiger charge is -2.03. The van der Waals surface area contributed by atoms with Gasteiger partial charge < -0.3 is 0 Å². The zero-order chi connectivity index (χ0) is 13.4. The van der Waals surface area contributed by atoms with Gasteiger partial charge in [-0.05, 0) is 28.7 Å². The molecular weight excluding hydrogens is 387 g/mol. The average molecular weight is 391 g/mol. The Balaban J connectivity index is 4.03. The molecule has 1 rings (SSSR count). The minimum absolute atomic E-state index is 0.148. The van der Waals surface area contributed by atoms with Gasteiger partial charge in [0.15, 0.2) is 4.98 Å². The van der Waals surface area contributed by atoms with Crippen LogP contribution in [0.15, 0.2) is 21.9 Å². The molecule has 0 heterocycles. The normalized spacial score (nSPS) is 12.1. The van der Waals surface area contributed by atoms with Gasteiger partial charge in [-0.2, -0.15) is 16.8 Å². The Morgan fingerprint density at radius 3 is 1.88 bits per heavy atom. The molecule has 8 nitrogen and oxygen atoms in total. The fourth-order valence-corrected chi connectivity index (χ4v) is 4.57. The highest BCUT2D eigenvalue weighted by Crippen LogP contribution is 2.34. The van der Waals surface area contributed by atoms with Crippen LogP contribution in [0.1, 0.15) is 0 Å². The molecule has 1 aromatic carbocycles. The van der Waals surface area contributed by atoms with Crippen LogP contribution in [0, 0.1) is 8.96 Å². The summed E-state index contributed by atoms with van der Waals surface area (Å²) in [6.45, 7) is 0. The summed E-state index contributed by atoms with van der Waals surface area (Å²) in [6.07, 6.45) is 0. The minimum Gasteiger partial charge on any atom is -0.282 e. The molecule has 0 aromatic heterocycles. The number of benzene rings is 1. The Morgan fingerprint density at radius 1 is 1.06 bits per heavy atom. The van der Waals surface area contributed by atoms with Crippen LogP contribution in [0.4, 0.5) is 5.69 Å². The maximum atomic E-state index is 11.0. The van der Waals surface area contributed by atoms with E-state index in [1.165, 1.54) is 22.6 Å². The van der Waals surface area contributed by atoms with Gasteiger partial charge in [0.25, 0.3) is 10.1 Å². The van der Waals surface area contributed by atoms with Gasteiger partial charge in [-0.15, -0.1) is 0 Å². The first kappa shape index (κ1) is 14.3. The molecule has 0 aliphatic carbocycles. The van der Waals surface area contributed by atoms with Crippen molar-refractivity contribution in [2.24, 2.45) is 0 Å². The number of rotatable bonds is 2. The molecule has 11 heteroatoms. The van der Waals surface area contributed by atoms with Crippen LogP contribution in [0.25, 0.3) is 4.98 Å². The third-order valence-electron chi connectivity index (χ3n) is 1.67. The molecule has 0 radical (unpaired) electrons. The average Bonchev–Trinajstić information content (AvgIpc) is 2.13. The van der Waals surface area contributed by atoms with Crippen LogP contribution in [-0.2, 0) is 20.2 Å². The van der Waals surface area contributed by atoms with Crippen molar-refractivity contribution < 1.29 is 25.9 Å². The van der Waals surface area contributed by atoms with E-state index in [4.69, 9.17) is 14.5 Å². The van der Waals surface area contributed by atoms with Gasteiger partial charge in [0, 0.05) is 9.64 Å². The molecule has 0 saturated carbocycles. The number of nitrogens with zero attached hydrogens (tertiary/aromatic N) is 2. The standard InChI is InChI=1S/C6H3IN2O6S2/c7-3-1-2-4(9-8)6(17(13,14)15)5(3)16(10,11)12/h1-2H,(H-,10,11,12,13,14,15)/p+1. The van der Waals surface area contributed by atoms with Gasteiger partial charge in [0.2, 0.25) is 10.3 Å². The maximum absolute atomic E-state index is 11.0. The highest BCUT2D eigenvalue weighted by atomic mass is 127. The Morgan fingerprint density at radius 2 is 1.53 bits per heavy atom. The third kappa shape index (κ3) is 2.90. The van der Waals surface area contributed by atoms with E-state index < -0.39 is 35.7 Å². The summed E-state index contributed by atoms with van der Waals surface area (Å²) in [7, 11) is -9.88. The van der Waals surface area contributed by atoms with Crippen LogP contribution < -0.4 is 0 Å². The largest absolute Gasteiger partial charge is 0.407 e. The fourth-order valence-electron chi connectivity index (χ4n) is 1.10.